The number of nitrogens with one attached hydrogen (secondary N) is 1. The lowest BCUT2D eigenvalue weighted by Gasteiger charge is -2.19. The second-order valence-corrected chi connectivity index (χ2v) is 4.69. The molecule has 0 radical (unpaired) electrons. The summed E-state index contributed by atoms with van der Waals surface area (Å²) in [5.41, 5.74) is 5.77. The molecule has 0 saturated heterocycles. The van der Waals surface area contributed by atoms with Crippen molar-refractivity contribution < 1.29 is 0 Å². The summed E-state index contributed by atoms with van der Waals surface area (Å²) in [5.74, 6) is 6.18. The van der Waals surface area contributed by atoms with E-state index in [4.69, 9.17) is 5.84 Å². The van der Waals surface area contributed by atoms with Crippen molar-refractivity contribution in [2.24, 2.45) is 5.84 Å². The van der Waals surface area contributed by atoms with Gasteiger partial charge in [0.2, 0.25) is 0 Å². The maximum absolute atomic E-state index is 5.59. The van der Waals surface area contributed by atoms with Gasteiger partial charge in [0.15, 0.2) is 5.82 Å². The van der Waals surface area contributed by atoms with Gasteiger partial charge in [-0.3, -0.25) is 4.98 Å². The summed E-state index contributed by atoms with van der Waals surface area (Å²) >= 11 is 0. The first-order valence-electron chi connectivity index (χ1n) is 6.77. The van der Waals surface area contributed by atoms with Crippen LogP contribution in [-0.2, 0) is 0 Å². The van der Waals surface area contributed by atoms with Crippen LogP contribution >= 0.6 is 0 Å². The van der Waals surface area contributed by atoms with E-state index in [0.29, 0.717) is 5.82 Å². The molecule has 0 atom stereocenters. The standard InChI is InChI=1S/C17H16N4/c18-21-17-16(19-11-12-20-17)15(13-7-3-1-4-8-13)14-9-5-2-6-10-14/h1-12,15H,18H2,(H,20,21). The van der Waals surface area contributed by atoms with Gasteiger partial charge in [0.25, 0.3) is 0 Å². The molecule has 3 aromatic rings. The van der Waals surface area contributed by atoms with Crippen molar-refractivity contribution in [2.75, 3.05) is 5.43 Å². The van der Waals surface area contributed by atoms with Gasteiger partial charge in [0.05, 0.1) is 11.6 Å². The molecule has 0 fully saturated rings. The zero-order chi connectivity index (χ0) is 14.5. The number of rotatable bonds is 4. The van der Waals surface area contributed by atoms with Crippen LogP contribution in [0.1, 0.15) is 22.7 Å². The molecule has 21 heavy (non-hydrogen) atoms. The average molecular weight is 276 g/mol. The molecule has 0 unspecified atom stereocenters. The van der Waals surface area contributed by atoms with Crippen molar-refractivity contribution in [3.63, 3.8) is 0 Å². The Kier molecular flexibility index (Phi) is 3.89. The van der Waals surface area contributed by atoms with Crippen LogP contribution in [0.5, 0.6) is 0 Å². The van der Waals surface area contributed by atoms with Crippen LogP contribution in [0.3, 0.4) is 0 Å². The van der Waals surface area contributed by atoms with E-state index >= 15 is 0 Å². The second kappa shape index (κ2) is 6.15. The highest BCUT2D eigenvalue weighted by Gasteiger charge is 2.21. The summed E-state index contributed by atoms with van der Waals surface area (Å²) in [7, 11) is 0. The Bertz CT molecular complexity index is 659. The molecular formula is C17H16N4. The Hall–Kier alpha value is -2.72. The Morgan fingerprint density at radius 1 is 0.762 bits per heavy atom. The largest absolute Gasteiger partial charge is 0.307 e. The molecule has 0 saturated carbocycles. The van der Waals surface area contributed by atoms with E-state index in [1.165, 1.54) is 0 Å². The zero-order valence-corrected chi connectivity index (χ0v) is 11.5. The fraction of sp³-hybridized carbons (Fsp3) is 0.0588. The van der Waals surface area contributed by atoms with Gasteiger partial charge in [0.1, 0.15) is 0 Å². The quantitative estimate of drug-likeness (QED) is 0.568. The van der Waals surface area contributed by atoms with Crippen molar-refractivity contribution in [1.29, 1.82) is 0 Å². The molecule has 4 heteroatoms. The number of benzene rings is 2. The first kappa shape index (κ1) is 13.3. The van der Waals surface area contributed by atoms with E-state index in [9.17, 15) is 0 Å². The van der Waals surface area contributed by atoms with E-state index in [1.54, 1.807) is 12.4 Å². The van der Waals surface area contributed by atoms with E-state index in [2.05, 4.69) is 39.7 Å². The Labute approximate surface area is 123 Å². The van der Waals surface area contributed by atoms with Crippen LogP contribution < -0.4 is 11.3 Å². The van der Waals surface area contributed by atoms with Crippen LogP contribution in [0.2, 0.25) is 0 Å². The number of hydrazine groups is 1. The molecule has 104 valence electrons. The van der Waals surface area contributed by atoms with Crippen molar-refractivity contribution in [2.45, 2.75) is 5.92 Å². The van der Waals surface area contributed by atoms with E-state index < -0.39 is 0 Å². The summed E-state index contributed by atoms with van der Waals surface area (Å²) in [6.07, 6.45) is 3.32. The Balaban J connectivity index is 2.17. The van der Waals surface area contributed by atoms with Crippen molar-refractivity contribution >= 4 is 5.82 Å². The highest BCUT2D eigenvalue weighted by atomic mass is 15.3. The predicted molar refractivity (Wildman–Crippen MR) is 83.7 cm³/mol. The van der Waals surface area contributed by atoms with Gasteiger partial charge in [-0.2, -0.15) is 0 Å². The first-order valence-corrected chi connectivity index (χ1v) is 6.77. The molecule has 2 aromatic carbocycles. The second-order valence-electron chi connectivity index (χ2n) is 4.69. The van der Waals surface area contributed by atoms with Crippen molar-refractivity contribution in [3.05, 3.63) is 89.9 Å². The smallest absolute Gasteiger partial charge is 0.162 e. The SMILES string of the molecule is NNc1nccnc1C(c1ccccc1)c1ccccc1. The molecule has 1 heterocycles. The molecule has 0 bridgehead atoms. The number of nitrogens with zero attached hydrogens (tertiary/aromatic N) is 2. The molecule has 3 N–H and O–H groups in total. The van der Waals surface area contributed by atoms with Crippen LogP contribution in [0.25, 0.3) is 0 Å². The van der Waals surface area contributed by atoms with Gasteiger partial charge in [-0.1, -0.05) is 60.7 Å². The zero-order valence-electron chi connectivity index (χ0n) is 11.5. The lowest BCUT2D eigenvalue weighted by Crippen LogP contribution is -2.15. The minimum Gasteiger partial charge on any atom is -0.307 e. The number of hydrogen-bond acceptors (Lipinski definition) is 4. The minimum absolute atomic E-state index is 0.00727. The molecule has 0 spiro atoms. The number of nitrogens with two attached hydrogens (primary N) is 1. The maximum Gasteiger partial charge on any atom is 0.162 e. The van der Waals surface area contributed by atoms with Gasteiger partial charge < -0.3 is 5.43 Å². The molecule has 4 nitrogen and oxygen atoms in total. The van der Waals surface area contributed by atoms with Gasteiger partial charge >= 0.3 is 0 Å². The van der Waals surface area contributed by atoms with Crippen LogP contribution in [0.4, 0.5) is 5.82 Å². The van der Waals surface area contributed by atoms with E-state index in [-0.39, 0.29) is 5.92 Å². The van der Waals surface area contributed by atoms with Gasteiger partial charge in [0, 0.05) is 12.4 Å². The minimum atomic E-state index is -0.00727. The summed E-state index contributed by atoms with van der Waals surface area (Å²) in [4.78, 5) is 8.77. The topological polar surface area (TPSA) is 63.8 Å². The summed E-state index contributed by atoms with van der Waals surface area (Å²) in [5, 5.41) is 0. The molecule has 0 aliphatic heterocycles. The highest BCUT2D eigenvalue weighted by Crippen LogP contribution is 2.33. The number of aromatic nitrogens is 2. The number of hydrogen-bond donors (Lipinski definition) is 2. The summed E-state index contributed by atoms with van der Waals surface area (Å²) < 4.78 is 0. The molecule has 0 aliphatic rings. The van der Waals surface area contributed by atoms with Crippen molar-refractivity contribution in [1.82, 2.24) is 9.97 Å². The van der Waals surface area contributed by atoms with Crippen LogP contribution in [-0.4, -0.2) is 9.97 Å². The molecule has 0 aliphatic carbocycles. The Morgan fingerprint density at radius 3 is 1.81 bits per heavy atom. The Morgan fingerprint density at radius 2 is 1.29 bits per heavy atom. The molecule has 0 amide bonds. The normalized spacial score (nSPS) is 10.6. The summed E-state index contributed by atoms with van der Waals surface area (Å²) in [6.45, 7) is 0. The first-order chi connectivity index (χ1) is 10.4. The lowest BCUT2D eigenvalue weighted by atomic mass is 9.88. The molecular weight excluding hydrogens is 260 g/mol. The average Bonchev–Trinajstić information content (AvgIpc) is 2.58. The maximum atomic E-state index is 5.59. The molecule has 1 aromatic heterocycles. The van der Waals surface area contributed by atoms with Crippen LogP contribution in [0.15, 0.2) is 73.1 Å². The third-order valence-electron chi connectivity index (χ3n) is 3.40. The third-order valence-corrected chi connectivity index (χ3v) is 3.40. The van der Waals surface area contributed by atoms with Gasteiger partial charge in [-0.25, -0.2) is 10.8 Å². The van der Waals surface area contributed by atoms with Gasteiger partial charge in [-0.05, 0) is 11.1 Å². The van der Waals surface area contributed by atoms with Crippen LogP contribution in [0, 0.1) is 0 Å². The monoisotopic (exact) mass is 276 g/mol. The lowest BCUT2D eigenvalue weighted by molar-refractivity contribution is 0.900. The third kappa shape index (κ3) is 2.75. The van der Waals surface area contributed by atoms with E-state index in [0.717, 1.165) is 16.8 Å². The van der Waals surface area contributed by atoms with Gasteiger partial charge in [-0.15, -0.1) is 0 Å². The summed E-state index contributed by atoms with van der Waals surface area (Å²) in [6, 6.07) is 20.5. The number of anilines is 1. The fourth-order valence-electron chi connectivity index (χ4n) is 2.47. The van der Waals surface area contributed by atoms with E-state index in [1.807, 2.05) is 36.4 Å². The number of nitrogen functional groups attached to an aromatic ring is 1. The predicted octanol–water partition coefficient (Wildman–Crippen LogP) is 2.94. The highest BCUT2D eigenvalue weighted by molar-refractivity contribution is 5.50. The molecule has 3 rings (SSSR count). The fourth-order valence-corrected chi connectivity index (χ4v) is 2.47. The van der Waals surface area contributed by atoms with Crippen molar-refractivity contribution in [3.8, 4) is 0 Å².